The molecule has 0 aliphatic rings. The molecule has 0 atom stereocenters. The molecule has 0 unspecified atom stereocenters. The van der Waals surface area contributed by atoms with Crippen molar-refractivity contribution in [2.75, 3.05) is 0 Å². The lowest BCUT2D eigenvalue weighted by molar-refractivity contribution is -0.146. The number of aryl methyl sites for hydroxylation is 1. The highest BCUT2D eigenvalue weighted by atomic mass is 16.4. The number of carbonyl (C=O) groups is 1. The zero-order valence-corrected chi connectivity index (χ0v) is 8.74. The Balaban J connectivity index is 2.79. The van der Waals surface area contributed by atoms with E-state index in [0.717, 1.165) is 11.3 Å². The molecule has 0 aliphatic heterocycles. The Morgan fingerprint density at radius 3 is 2.57 bits per heavy atom. The Morgan fingerprint density at radius 2 is 2.14 bits per heavy atom. The highest BCUT2D eigenvalue weighted by Gasteiger charge is 2.27. The summed E-state index contributed by atoms with van der Waals surface area (Å²) in [6.07, 6.45) is 2.25. The molecule has 0 bridgehead atoms. The first-order chi connectivity index (χ1) is 6.42. The molecule has 0 saturated carbocycles. The highest BCUT2D eigenvalue weighted by Crippen LogP contribution is 2.21. The number of aliphatic carboxylic acids is 1. The van der Waals surface area contributed by atoms with Crippen molar-refractivity contribution in [3.05, 3.63) is 29.6 Å². The largest absolute Gasteiger partial charge is 0.481 e. The summed E-state index contributed by atoms with van der Waals surface area (Å²) in [6.45, 7) is 5.34. The predicted molar refractivity (Wildman–Crippen MR) is 54.1 cm³/mol. The van der Waals surface area contributed by atoms with Crippen molar-refractivity contribution >= 4 is 5.97 Å². The van der Waals surface area contributed by atoms with Crippen LogP contribution in [0.1, 0.15) is 25.1 Å². The molecule has 0 saturated heterocycles. The first-order valence-corrected chi connectivity index (χ1v) is 4.57. The van der Waals surface area contributed by atoms with Crippen LogP contribution in [-0.2, 0) is 11.2 Å². The number of nitrogens with zero attached hydrogens (tertiary/aromatic N) is 1. The van der Waals surface area contributed by atoms with Crippen LogP contribution in [0, 0.1) is 12.3 Å². The molecular formula is C11H15NO2. The fraction of sp³-hybridized carbons (Fsp3) is 0.455. The summed E-state index contributed by atoms with van der Waals surface area (Å²) in [7, 11) is 0. The quantitative estimate of drug-likeness (QED) is 0.799. The predicted octanol–water partition coefficient (Wildman–Crippen LogP) is 2.04. The molecule has 0 spiro atoms. The number of carboxylic acid groups (broad SMARTS) is 1. The van der Waals surface area contributed by atoms with Gasteiger partial charge >= 0.3 is 5.97 Å². The molecule has 76 valence electrons. The number of pyridine rings is 1. The summed E-state index contributed by atoms with van der Waals surface area (Å²) in [4.78, 5) is 15.0. The van der Waals surface area contributed by atoms with E-state index in [1.165, 1.54) is 0 Å². The average Bonchev–Trinajstić information content (AvgIpc) is 2.08. The second-order valence-electron chi connectivity index (χ2n) is 4.17. The summed E-state index contributed by atoms with van der Waals surface area (Å²) in [6, 6.07) is 3.82. The third-order valence-electron chi connectivity index (χ3n) is 2.20. The van der Waals surface area contributed by atoms with Gasteiger partial charge in [0.2, 0.25) is 0 Å². The van der Waals surface area contributed by atoms with Crippen molar-refractivity contribution in [3.63, 3.8) is 0 Å². The minimum atomic E-state index is -0.780. The van der Waals surface area contributed by atoms with Gasteiger partial charge < -0.3 is 5.11 Å². The van der Waals surface area contributed by atoms with Crippen LogP contribution in [0.3, 0.4) is 0 Å². The Hall–Kier alpha value is -1.38. The van der Waals surface area contributed by atoms with Gasteiger partial charge in [-0.25, -0.2) is 0 Å². The van der Waals surface area contributed by atoms with E-state index < -0.39 is 11.4 Å². The fourth-order valence-electron chi connectivity index (χ4n) is 1.19. The van der Waals surface area contributed by atoms with Gasteiger partial charge in [-0.05, 0) is 38.8 Å². The summed E-state index contributed by atoms with van der Waals surface area (Å²) in [5.74, 6) is -0.780. The van der Waals surface area contributed by atoms with Crippen molar-refractivity contribution in [3.8, 4) is 0 Å². The SMILES string of the molecule is Cc1ccc(CC(C)(C)C(=O)O)cn1. The van der Waals surface area contributed by atoms with E-state index in [0.29, 0.717) is 6.42 Å². The van der Waals surface area contributed by atoms with Crippen LogP contribution in [0.15, 0.2) is 18.3 Å². The first-order valence-electron chi connectivity index (χ1n) is 4.57. The van der Waals surface area contributed by atoms with Crippen LogP contribution >= 0.6 is 0 Å². The summed E-state index contributed by atoms with van der Waals surface area (Å²) in [5.41, 5.74) is 1.18. The zero-order chi connectivity index (χ0) is 10.8. The second kappa shape index (κ2) is 3.78. The van der Waals surface area contributed by atoms with Gasteiger partial charge in [0, 0.05) is 11.9 Å². The van der Waals surface area contributed by atoms with Crippen molar-refractivity contribution in [2.24, 2.45) is 5.41 Å². The molecule has 3 nitrogen and oxygen atoms in total. The molecule has 0 aliphatic carbocycles. The molecule has 0 fully saturated rings. The lowest BCUT2D eigenvalue weighted by atomic mass is 9.86. The van der Waals surface area contributed by atoms with Gasteiger partial charge in [0.25, 0.3) is 0 Å². The minimum Gasteiger partial charge on any atom is -0.481 e. The van der Waals surface area contributed by atoms with Gasteiger partial charge in [0.1, 0.15) is 0 Å². The molecular weight excluding hydrogens is 178 g/mol. The van der Waals surface area contributed by atoms with Crippen LogP contribution < -0.4 is 0 Å². The lowest BCUT2D eigenvalue weighted by Gasteiger charge is -2.18. The molecule has 14 heavy (non-hydrogen) atoms. The number of hydrogen-bond acceptors (Lipinski definition) is 2. The highest BCUT2D eigenvalue weighted by molar-refractivity contribution is 5.74. The van der Waals surface area contributed by atoms with E-state index in [2.05, 4.69) is 4.98 Å². The maximum absolute atomic E-state index is 10.9. The monoisotopic (exact) mass is 193 g/mol. The van der Waals surface area contributed by atoms with E-state index in [1.54, 1.807) is 20.0 Å². The Labute approximate surface area is 83.8 Å². The van der Waals surface area contributed by atoms with Gasteiger partial charge in [0.05, 0.1) is 5.41 Å². The van der Waals surface area contributed by atoms with Crippen LogP contribution in [-0.4, -0.2) is 16.1 Å². The van der Waals surface area contributed by atoms with Gasteiger partial charge in [-0.1, -0.05) is 6.07 Å². The van der Waals surface area contributed by atoms with Gasteiger partial charge in [0.15, 0.2) is 0 Å². The smallest absolute Gasteiger partial charge is 0.309 e. The summed E-state index contributed by atoms with van der Waals surface area (Å²) < 4.78 is 0. The lowest BCUT2D eigenvalue weighted by Crippen LogP contribution is -2.26. The van der Waals surface area contributed by atoms with Crippen molar-refractivity contribution in [2.45, 2.75) is 27.2 Å². The maximum atomic E-state index is 10.9. The standard InChI is InChI=1S/C11H15NO2/c1-8-4-5-9(7-12-8)6-11(2,3)10(13)14/h4-5,7H,6H2,1-3H3,(H,13,14). The zero-order valence-electron chi connectivity index (χ0n) is 8.74. The van der Waals surface area contributed by atoms with Gasteiger partial charge in [-0.2, -0.15) is 0 Å². The third-order valence-corrected chi connectivity index (χ3v) is 2.20. The second-order valence-corrected chi connectivity index (χ2v) is 4.17. The molecule has 1 aromatic heterocycles. The number of aromatic nitrogens is 1. The topological polar surface area (TPSA) is 50.2 Å². The maximum Gasteiger partial charge on any atom is 0.309 e. The minimum absolute atomic E-state index is 0.510. The Bertz CT molecular complexity index is 328. The van der Waals surface area contributed by atoms with Crippen molar-refractivity contribution in [1.29, 1.82) is 0 Å². The van der Waals surface area contributed by atoms with E-state index >= 15 is 0 Å². The molecule has 3 heteroatoms. The van der Waals surface area contributed by atoms with E-state index in [1.807, 2.05) is 19.1 Å². The van der Waals surface area contributed by atoms with E-state index in [9.17, 15) is 4.79 Å². The Kier molecular flexibility index (Phi) is 2.89. The number of hydrogen-bond donors (Lipinski definition) is 1. The van der Waals surface area contributed by atoms with E-state index in [-0.39, 0.29) is 0 Å². The molecule has 0 aromatic carbocycles. The normalized spacial score (nSPS) is 11.4. The number of rotatable bonds is 3. The molecule has 1 aromatic rings. The first kappa shape index (κ1) is 10.7. The van der Waals surface area contributed by atoms with Gasteiger partial charge in [-0.15, -0.1) is 0 Å². The van der Waals surface area contributed by atoms with Crippen LogP contribution in [0.25, 0.3) is 0 Å². The van der Waals surface area contributed by atoms with Crippen LogP contribution in [0.5, 0.6) is 0 Å². The molecule has 0 amide bonds. The van der Waals surface area contributed by atoms with Crippen molar-refractivity contribution in [1.82, 2.24) is 4.98 Å². The fourth-order valence-corrected chi connectivity index (χ4v) is 1.19. The molecule has 1 rings (SSSR count). The third kappa shape index (κ3) is 2.55. The average molecular weight is 193 g/mol. The van der Waals surface area contributed by atoms with Gasteiger partial charge in [-0.3, -0.25) is 9.78 Å². The van der Waals surface area contributed by atoms with Crippen LogP contribution in [0.4, 0.5) is 0 Å². The van der Waals surface area contributed by atoms with E-state index in [4.69, 9.17) is 5.11 Å². The van der Waals surface area contributed by atoms with Crippen LogP contribution in [0.2, 0.25) is 0 Å². The molecule has 1 N–H and O–H groups in total. The van der Waals surface area contributed by atoms with Crippen molar-refractivity contribution < 1.29 is 9.90 Å². The summed E-state index contributed by atoms with van der Waals surface area (Å²) >= 11 is 0. The molecule has 1 heterocycles. The molecule has 0 radical (unpaired) electrons. The number of carboxylic acids is 1. The summed E-state index contributed by atoms with van der Waals surface area (Å²) in [5, 5.41) is 8.94. The Morgan fingerprint density at radius 1 is 1.50 bits per heavy atom.